The number of phenols is 1. The van der Waals surface area contributed by atoms with Gasteiger partial charge in [-0.25, -0.2) is 19.2 Å². The van der Waals surface area contributed by atoms with E-state index >= 15 is 0 Å². The summed E-state index contributed by atoms with van der Waals surface area (Å²) >= 11 is 8.98. The molecule has 1 saturated heterocycles. The number of aromatic nitrogens is 2. The maximum atomic E-state index is 14.2. The number of phenolic OH excluding ortho intramolecular Hbond substituents is 1. The molecule has 8 nitrogen and oxygen atoms in total. The van der Waals surface area contributed by atoms with Crippen LogP contribution in [0.25, 0.3) is 31.0 Å². The van der Waals surface area contributed by atoms with Crippen LogP contribution in [-0.2, 0) is 5.41 Å². The molecule has 2 amide bonds. The number of rotatable bonds is 5. The normalized spacial score (nSPS) is 16.0. The number of amides is 2. The van der Waals surface area contributed by atoms with Crippen molar-refractivity contribution in [2.75, 3.05) is 41.7 Å². The van der Waals surface area contributed by atoms with E-state index in [1.165, 1.54) is 34.8 Å². The molecule has 1 spiro atoms. The molecule has 4 aromatic carbocycles. The standard InChI is InChI=1S/C38H36ClFN6O2S2/c1-37(2,3)20-45-16-14-38(15-17-45)21-46(33-29(47)13-10-24(32(33)38)34-41-26-12-9-23(40)19-31(26)49-34)28-7-5-4-6-25(28)42-35(48)44-36-43-27-11-8-22(39)18-30(27)50-36/h4-13,18-19,47H,14-17,20-21H2,1-3H3,(H2,42,43,44,48). The van der Waals surface area contributed by atoms with E-state index < -0.39 is 6.03 Å². The average Bonchev–Trinajstić information content (AvgIpc) is 3.76. The Morgan fingerprint density at radius 2 is 1.70 bits per heavy atom. The van der Waals surface area contributed by atoms with Gasteiger partial charge in [-0.15, -0.1) is 11.3 Å². The molecule has 0 atom stereocenters. The van der Waals surface area contributed by atoms with Gasteiger partial charge in [0.05, 0.1) is 37.5 Å². The van der Waals surface area contributed by atoms with Gasteiger partial charge in [0, 0.05) is 29.1 Å². The lowest BCUT2D eigenvalue weighted by Crippen LogP contribution is -2.47. The summed E-state index contributed by atoms with van der Waals surface area (Å²) in [5.41, 5.74) is 5.47. The predicted molar refractivity (Wildman–Crippen MR) is 204 cm³/mol. The average molecular weight is 727 g/mol. The van der Waals surface area contributed by atoms with E-state index in [0.29, 0.717) is 22.4 Å². The highest BCUT2D eigenvalue weighted by atomic mass is 35.5. The van der Waals surface area contributed by atoms with E-state index in [-0.39, 0.29) is 22.4 Å². The Balaban J connectivity index is 1.18. The second-order valence-electron chi connectivity index (χ2n) is 14.4. The minimum absolute atomic E-state index is 0.164. The molecule has 2 aromatic heterocycles. The summed E-state index contributed by atoms with van der Waals surface area (Å²) in [7, 11) is 0. The number of fused-ring (bicyclic) bond motifs is 4. The van der Waals surface area contributed by atoms with Gasteiger partial charge in [0.25, 0.3) is 0 Å². The van der Waals surface area contributed by atoms with E-state index in [2.05, 4.69) is 46.2 Å². The van der Waals surface area contributed by atoms with Crippen molar-refractivity contribution >= 4 is 82.9 Å². The number of hydrogen-bond donors (Lipinski definition) is 3. The second kappa shape index (κ2) is 12.5. The summed E-state index contributed by atoms with van der Waals surface area (Å²) in [5.74, 6) is -0.129. The number of hydrogen-bond acceptors (Lipinski definition) is 8. The SMILES string of the molecule is CC(C)(C)CN1CCC2(CC1)CN(c1ccccc1NC(=O)Nc1nc3ccc(Cl)cc3s1)c1c(O)ccc(-c3nc4ccc(F)cc4s3)c12. The first-order chi connectivity index (χ1) is 23.9. The van der Waals surface area contributed by atoms with Crippen molar-refractivity contribution in [3.63, 3.8) is 0 Å². The van der Waals surface area contributed by atoms with Crippen LogP contribution in [0.2, 0.25) is 5.02 Å². The number of piperidine rings is 1. The van der Waals surface area contributed by atoms with E-state index in [1.54, 1.807) is 18.2 Å². The van der Waals surface area contributed by atoms with E-state index in [0.717, 1.165) is 80.4 Å². The Morgan fingerprint density at radius 3 is 2.50 bits per heavy atom. The van der Waals surface area contributed by atoms with E-state index in [4.69, 9.17) is 16.6 Å². The fourth-order valence-corrected chi connectivity index (χ4v) is 9.64. The molecule has 6 aromatic rings. The Labute approximate surface area is 302 Å². The predicted octanol–water partition coefficient (Wildman–Crippen LogP) is 10.2. The molecule has 4 heterocycles. The van der Waals surface area contributed by atoms with Gasteiger partial charge >= 0.3 is 6.03 Å². The third-order valence-corrected chi connectivity index (χ3v) is 11.7. The summed E-state index contributed by atoms with van der Waals surface area (Å²) in [5, 5.41) is 19.4. The molecule has 50 heavy (non-hydrogen) atoms. The number of carbonyl (C=O) groups is 1. The first-order valence-electron chi connectivity index (χ1n) is 16.6. The highest BCUT2D eigenvalue weighted by molar-refractivity contribution is 7.22. The summed E-state index contributed by atoms with van der Waals surface area (Å²) < 4.78 is 15.9. The van der Waals surface area contributed by atoms with Gasteiger partial charge in [-0.2, -0.15) is 0 Å². The molecule has 0 saturated carbocycles. The zero-order valence-corrected chi connectivity index (χ0v) is 30.3. The molecule has 2 aliphatic rings. The van der Waals surface area contributed by atoms with Gasteiger partial charge in [-0.05, 0) is 97.6 Å². The molecule has 8 rings (SSSR count). The van der Waals surface area contributed by atoms with Gasteiger partial charge in [0.2, 0.25) is 0 Å². The molecule has 12 heteroatoms. The Bertz CT molecular complexity index is 2270. The number of nitrogens with one attached hydrogen (secondary N) is 2. The van der Waals surface area contributed by atoms with Crippen molar-refractivity contribution < 1.29 is 14.3 Å². The van der Waals surface area contributed by atoms with Crippen molar-refractivity contribution in [2.45, 2.75) is 39.0 Å². The van der Waals surface area contributed by atoms with E-state index in [9.17, 15) is 14.3 Å². The lowest BCUT2D eigenvalue weighted by Gasteiger charge is -2.42. The van der Waals surface area contributed by atoms with Gasteiger partial charge < -0.3 is 20.2 Å². The van der Waals surface area contributed by atoms with Crippen LogP contribution in [0.3, 0.4) is 0 Å². The fraction of sp³-hybridized carbons (Fsp3) is 0.289. The van der Waals surface area contributed by atoms with Crippen molar-refractivity contribution in [2.24, 2.45) is 5.41 Å². The van der Waals surface area contributed by atoms with Crippen LogP contribution in [0.1, 0.15) is 39.2 Å². The topological polar surface area (TPSA) is 93.6 Å². The quantitative estimate of drug-likeness (QED) is 0.164. The summed E-state index contributed by atoms with van der Waals surface area (Å²) in [6.07, 6.45) is 1.78. The van der Waals surface area contributed by atoms with Crippen molar-refractivity contribution in [3.05, 3.63) is 89.2 Å². The number of para-hydroxylation sites is 2. The molecule has 0 bridgehead atoms. The second-order valence-corrected chi connectivity index (χ2v) is 16.9. The van der Waals surface area contributed by atoms with Crippen molar-refractivity contribution in [1.82, 2.24) is 14.9 Å². The third kappa shape index (κ3) is 6.17. The number of benzene rings is 4. The summed E-state index contributed by atoms with van der Waals surface area (Å²) in [6.45, 7) is 10.3. The lowest BCUT2D eigenvalue weighted by molar-refractivity contribution is 0.125. The Morgan fingerprint density at radius 1 is 0.960 bits per heavy atom. The molecular weight excluding hydrogens is 691 g/mol. The van der Waals surface area contributed by atoms with Crippen LogP contribution >= 0.6 is 34.3 Å². The molecular formula is C38H36ClFN6O2S2. The molecule has 256 valence electrons. The highest BCUT2D eigenvalue weighted by Gasteiger charge is 2.49. The van der Waals surface area contributed by atoms with Gasteiger partial charge in [-0.3, -0.25) is 5.32 Å². The van der Waals surface area contributed by atoms with Gasteiger partial charge in [0.15, 0.2) is 5.13 Å². The number of halogens is 2. The number of thiazole rings is 2. The minimum Gasteiger partial charge on any atom is -0.506 e. The van der Waals surface area contributed by atoms with Crippen LogP contribution in [0.15, 0.2) is 72.8 Å². The van der Waals surface area contributed by atoms with Crippen molar-refractivity contribution in [1.29, 1.82) is 0 Å². The maximum Gasteiger partial charge on any atom is 0.325 e. The number of carbonyl (C=O) groups excluding carboxylic acids is 1. The molecule has 3 N–H and O–H groups in total. The van der Waals surface area contributed by atoms with Crippen LogP contribution in [0.5, 0.6) is 5.75 Å². The van der Waals surface area contributed by atoms with Crippen LogP contribution < -0.4 is 15.5 Å². The maximum absolute atomic E-state index is 14.2. The number of aromatic hydroxyl groups is 1. The Hall–Kier alpha value is -4.29. The monoisotopic (exact) mass is 726 g/mol. The number of urea groups is 1. The summed E-state index contributed by atoms with van der Waals surface area (Å²) in [4.78, 5) is 27.6. The number of likely N-dealkylation sites (tertiary alicyclic amines) is 1. The fourth-order valence-electron chi connectivity index (χ4n) is 7.48. The lowest BCUT2D eigenvalue weighted by atomic mass is 9.72. The zero-order valence-electron chi connectivity index (χ0n) is 27.9. The number of nitrogens with zero attached hydrogens (tertiary/aromatic N) is 4. The summed E-state index contributed by atoms with van der Waals surface area (Å²) in [6, 6.07) is 21.0. The molecule has 2 aliphatic heterocycles. The minimum atomic E-state index is -0.424. The van der Waals surface area contributed by atoms with Crippen LogP contribution in [0, 0.1) is 11.2 Å². The number of anilines is 4. The van der Waals surface area contributed by atoms with Crippen LogP contribution in [-0.4, -0.2) is 52.2 Å². The van der Waals surface area contributed by atoms with Gasteiger partial charge in [-0.1, -0.05) is 55.8 Å². The molecule has 0 aliphatic carbocycles. The zero-order chi connectivity index (χ0) is 34.8. The molecule has 1 fully saturated rings. The Kier molecular flexibility index (Phi) is 8.21. The smallest absolute Gasteiger partial charge is 0.325 e. The first kappa shape index (κ1) is 32.9. The van der Waals surface area contributed by atoms with Gasteiger partial charge in [0.1, 0.15) is 16.6 Å². The first-order valence-corrected chi connectivity index (χ1v) is 18.6. The largest absolute Gasteiger partial charge is 0.506 e. The third-order valence-electron chi connectivity index (χ3n) is 9.52. The van der Waals surface area contributed by atoms with Crippen LogP contribution in [0.4, 0.5) is 31.4 Å². The highest BCUT2D eigenvalue weighted by Crippen LogP contribution is 2.57. The van der Waals surface area contributed by atoms with E-state index in [1.807, 2.05) is 42.5 Å². The van der Waals surface area contributed by atoms with Crippen molar-refractivity contribution in [3.8, 4) is 16.3 Å². The molecule has 0 radical (unpaired) electrons. The molecule has 0 unspecified atom stereocenters.